The zero-order chi connectivity index (χ0) is 7.98. The first kappa shape index (κ1) is 9.41. The van der Waals surface area contributed by atoms with Crippen LogP contribution in [-0.4, -0.2) is 24.3 Å². The van der Waals surface area contributed by atoms with Crippen molar-refractivity contribution < 1.29 is 5.11 Å². The number of aliphatic hydroxyl groups excluding tert-OH is 1. The maximum absolute atomic E-state index is 8.57. The summed E-state index contributed by atoms with van der Waals surface area (Å²) in [6.07, 6.45) is 0. The van der Waals surface area contributed by atoms with Gasteiger partial charge in [-0.2, -0.15) is 5.26 Å². The molecular formula is C7H14N2O. The van der Waals surface area contributed by atoms with Crippen molar-refractivity contribution in [1.29, 1.82) is 5.26 Å². The lowest BCUT2D eigenvalue weighted by atomic mass is 10.2. The minimum absolute atomic E-state index is 0.0222. The van der Waals surface area contributed by atoms with E-state index in [2.05, 4.69) is 11.4 Å². The second-order valence-corrected chi connectivity index (χ2v) is 2.52. The van der Waals surface area contributed by atoms with Crippen LogP contribution in [0.25, 0.3) is 0 Å². The van der Waals surface area contributed by atoms with Gasteiger partial charge >= 0.3 is 0 Å². The van der Waals surface area contributed by atoms with Gasteiger partial charge in [0, 0.05) is 12.6 Å². The van der Waals surface area contributed by atoms with Crippen molar-refractivity contribution in [3.8, 4) is 6.07 Å². The van der Waals surface area contributed by atoms with Gasteiger partial charge in [-0.1, -0.05) is 0 Å². The molecule has 0 aliphatic carbocycles. The Kier molecular flexibility index (Phi) is 4.91. The Morgan fingerprint density at radius 3 is 2.60 bits per heavy atom. The van der Waals surface area contributed by atoms with Crippen molar-refractivity contribution in [2.75, 3.05) is 13.2 Å². The zero-order valence-electron chi connectivity index (χ0n) is 6.46. The van der Waals surface area contributed by atoms with Crippen molar-refractivity contribution in [3.63, 3.8) is 0 Å². The van der Waals surface area contributed by atoms with Gasteiger partial charge in [-0.05, 0) is 13.8 Å². The number of nitriles is 1. The normalized spacial score (nSPS) is 15.8. The van der Waals surface area contributed by atoms with E-state index in [1.807, 2.05) is 13.8 Å². The SMILES string of the molecule is CC(C#N)CNC(C)CO. The zero-order valence-corrected chi connectivity index (χ0v) is 6.46. The molecule has 0 radical (unpaired) electrons. The minimum atomic E-state index is 0.0222. The maximum atomic E-state index is 8.57. The van der Waals surface area contributed by atoms with E-state index < -0.39 is 0 Å². The highest BCUT2D eigenvalue weighted by Gasteiger charge is 2.01. The van der Waals surface area contributed by atoms with Crippen LogP contribution in [0, 0.1) is 17.2 Å². The summed E-state index contributed by atoms with van der Waals surface area (Å²) in [6, 6.07) is 2.19. The molecule has 0 bridgehead atoms. The number of hydrogen-bond donors (Lipinski definition) is 2. The van der Waals surface area contributed by atoms with Gasteiger partial charge in [0.15, 0.2) is 0 Å². The predicted octanol–water partition coefficient (Wildman–Crippen LogP) is 0.116. The third-order valence-corrected chi connectivity index (χ3v) is 1.27. The second-order valence-electron chi connectivity index (χ2n) is 2.52. The summed E-state index contributed by atoms with van der Waals surface area (Å²) >= 11 is 0. The molecule has 10 heavy (non-hydrogen) atoms. The predicted molar refractivity (Wildman–Crippen MR) is 39.3 cm³/mol. The van der Waals surface area contributed by atoms with Crippen LogP contribution in [0.3, 0.4) is 0 Å². The van der Waals surface area contributed by atoms with Gasteiger partial charge < -0.3 is 10.4 Å². The van der Waals surface area contributed by atoms with Gasteiger partial charge in [0.2, 0.25) is 0 Å². The molecule has 0 aliphatic rings. The smallest absolute Gasteiger partial charge is 0.0666 e. The fourth-order valence-corrected chi connectivity index (χ4v) is 0.488. The van der Waals surface area contributed by atoms with Gasteiger partial charge in [-0.15, -0.1) is 0 Å². The Hall–Kier alpha value is -0.590. The lowest BCUT2D eigenvalue weighted by molar-refractivity contribution is 0.250. The van der Waals surface area contributed by atoms with E-state index in [0.717, 1.165) is 0 Å². The molecular weight excluding hydrogens is 128 g/mol. The van der Waals surface area contributed by atoms with Crippen LogP contribution >= 0.6 is 0 Å². The van der Waals surface area contributed by atoms with Crippen LogP contribution < -0.4 is 5.32 Å². The van der Waals surface area contributed by atoms with Gasteiger partial charge in [-0.25, -0.2) is 0 Å². The quantitative estimate of drug-likeness (QED) is 0.586. The first-order chi connectivity index (χ1) is 4.70. The molecule has 58 valence electrons. The summed E-state index contributed by atoms with van der Waals surface area (Å²) in [7, 11) is 0. The highest BCUT2D eigenvalue weighted by Crippen LogP contribution is 1.88. The Morgan fingerprint density at radius 2 is 2.20 bits per heavy atom. The molecule has 0 fully saturated rings. The van der Waals surface area contributed by atoms with Crippen molar-refractivity contribution in [1.82, 2.24) is 5.32 Å². The van der Waals surface area contributed by atoms with E-state index in [-0.39, 0.29) is 18.6 Å². The Bertz CT molecular complexity index is 119. The van der Waals surface area contributed by atoms with E-state index in [1.165, 1.54) is 0 Å². The number of rotatable bonds is 4. The molecule has 0 amide bonds. The molecule has 0 heterocycles. The van der Waals surface area contributed by atoms with E-state index in [4.69, 9.17) is 10.4 Å². The van der Waals surface area contributed by atoms with Crippen LogP contribution in [0.15, 0.2) is 0 Å². The van der Waals surface area contributed by atoms with Crippen molar-refractivity contribution in [2.45, 2.75) is 19.9 Å². The molecule has 0 aromatic heterocycles. The van der Waals surface area contributed by atoms with Crippen molar-refractivity contribution >= 4 is 0 Å². The number of aliphatic hydroxyl groups is 1. The monoisotopic (exact) mass is 142 g/mol. The van der Waals surface area contributed by atoms with E-state index >= 15 is 0 Å². The number of hydrogen-bond acceptors (Lipinski definition) is 3. The molecule has 3 heteroatoms. The second kappa shape index (κ2) is 5.21. The van der Waals surface area contributed by atoms with Crippen LogP contribution in [0.2, 0.25) is 0 Å². The van der Waals surface area contributed by atoms with Gasteiger partial charge in [0.1, 0.15) is 0 Å². The van der Waals surface area contributed by atoms with Crippen LogP contribution in [0.1, 0.15) is 13.8 Å². The van der Waals surface area contributed by atoms with E-state index in [9.17, 15) is 0 Å². The molecule has 2 unspecified atom stereocenters. The Labute approximate surface area is 61.7 Å². The molecule has 3 nitrogen and oxygen atoms in total. The fraction of sp³-hybridized carbons (Fsp3) is 0.857. The molecule has 0 aliphatic heterocycles. The topological polar surface area (TPSA) is 56.0 Å². The third kappa shape index (κ3) is 4.30. The lowest BCUT2D eigenvalue weighted by Gasteiger charge is -2.10. The summed E-state index contributed by atoms with van der Waals surface area (Å²) in [5.74, 6) is 0.0222. The van der Waals surface area contributed by atoms with Gasteiger partial charge in [0.25, 0.3) is 0 Å². The molecule has 0 rings (SSSR count). The maximum Gasteiger partial charge on any atom is 0.0666 e. The summed E-state index contributed by atoms with van der Waals surface area (Å²) in [5.41, 5.74) is 0. The Balaban J connectivity index is 3.28. The molecule has 0 aromatic rings. The molecule has 0 spiro atoms. The molecule has 0 saturated heterocycles. The van der Waals surface area contributed by atoms with Gasteiger partial charge in [0.05, 0.1) is 18.6 Å². The summed E-state index contributed by atoms with van der Waals surface area (Å²) < 4.78 is 0. The summed E-state index contributed by atoms with van der Waals surface area (Å²) in [5, 5.41) is 20.0. The summed E-state index contributed by atoms with van der Waals surface area (Å²) in [6.45, 7) is 4.50. The first-order valence-corrected chi connectivity index (χ1v) is 3.44. The lowest BCUT2D eigenvalue weighted by Crippen LogP contribution is -2.32. The third-order valence-electron chi connectivity index (χ3n) is 1.27. The minimum Gasteiger partial charge on any atom is -0.395 e. The molecule has 0 saturated carbocycles. The van der Waals surface area contributed by atoms with Gasteiger partial charge in [-0.3, -0.25) is 0 Å². The standard InChI is InChI=1S/C7H14N2O/c1-6(3-8)4-9-7(2)5-10/h6-7,9-10H,4-5H2,1-2H3. The van der Waals surface area contributed by atoms with Crippen molar-refractivity contribution in [3.05, 3.63) is 0 Å². The van der Waals surface area contributed by atoms with Crippen molar-refractivity contribution in [2.24, 2.45) is 5.92 Å². The van der Waals surface area contributed by atoms with Crippen LogP contribution in [0.5, 0.6) is 0 Å². The van der Waals surface area contributed by atoms with Crippen LogP contribution in [-0.2, 0) is 0 Å². The first-order valence-electron chi connectivity index (χ1n) is 3.44. The average Bonchev–Trinajstić information content (AvgIpc) is 1.99. The highest BCUT2D eigenvalue weighted by atomic mass is 16.3. The van der Waals surface area contributed by atoms with Crippen LogP contribution in [0.4, 0.5) is 0 Å². The largest absolute Gasteiger partial charge is 0.395 e. The van der Waals surface area contributed by atoms with E-state index in [0.29, 0.717) is 6.54 Å². The fourth-order valence-electron chi connectivity index (χ4n) is 0.488. The highest BCUT2D eigenvalue weighted by molar-refractivity contribution is 4.80. The van der Waals surface area contributed by atoms with E-state index in [1.54, 1.807) is 0 Å². The molecule has 2 atom stereocenters. The number of nitrogens with one attached hydrogen (secondary N) is 1. The average molecular weight is 142 g/mol. The molecule has 2 N–H and O–H groups in total. The summed E-state index contributed by atoms with van der Waals surface area (Å²) in [4.78, 5) is 0. The molecule has 0 aromatic carbocycles. The Morgan fingerprint density at radius 1 is 1.60 bits per heavy atom. The number of nitrogens with zero attached hydrogens (tertiary/aromatic N) is 1.